The van der Waals surface area contributed by atoms with Crippen LogP contribution in [-0.2, 0) is 6.42 Å². The Balaban J connectivity index is 2.31. The standard InChI is InChI=1S/C7H13N3S2/c1-3-6-9-7(12-10-6)11-5-4-8-2/h8H,3-5H2,1-2H3. The number of aryl methyl sites for hydroxylation is 1. The van der Waals surface area contributed by atoms with Crippen LogP contribution in [0, 0.1) is 0 Å². The molecule has 0 spiro atoms. The lowest BCUT2D eigenvalue weighted by atomic mass is 10.5. The maximum atomic E-state index is 4.34. The molecule has 12 heavy (non-hydrogen) atoms. The first-order chi connectivity index (χ1) is 5.86. The van der Waals surface area contributed by atoms with Crippen molar-refractivity contribution in [3.05, 3.63) is 5.82 Å². The third-order valence-electron chi connectivity index (χ3n) is 1.34. The molecule has 0 amide bonds. The summed E-state index contributed by atoms with van der Waals surface area (Å²) in [4.78, 5) is 4.34. The number of thioether (sulfide) groups is 1. The Morgan fingerprint density at radius 2 is 2.42 bits per heavy atom. The number of rotatable bonds is 5. The predicted octanol–water partition coefficient (Wildman–Crippen LogP) is 1.41. The van der Waals surface area contributed by atoms with Gasteiger partial charge in [-0.25, -0.2) is 4.98 Å². The monoisotopic (exact) mass is 203 g/mol. The number of aromatic nitrogens is 2. The lowest BCUT2D eigenvalue weighted by Crippen LogP contribution is -2.09. The Bertz CT molecular complexity index is 224. The summed E-state index contributed by atoms with van der Waals surface area (Å²) >= 11 is 3.26. The van der Waals surface area contributed by atoms with Crippen molar-refractivity contribution in [2.75, 3.05) is 19.3 Å². The van der Waals surface area contributed by atoms with Crippen LogP contribution in [-0.4, -0.2) is 28.7 Å². The number of nitrogens with one attached hydrogen (secondary N) is 1. The zero-order valence-electron chi connectivity index (χ0n) is 7.33. The first-order valence-corrected chi connectivity index (χ1v) is 5.72. The quantitative estimate of drug-likeness (QED) is 0.580. The molecular formula is C7H13N3S2. The van der Waals surface area contributed by atoms with Gasteiger partial charge in [0.25, 0.3) is 0 Å². The van der Waals surface area contributed by atoms with E-state index >= 15 is 0 Å². The van der Waals surface area contributed by atoms with Crippen molar-refractivity contribution in [2.45, 2.75) is 17.7 Å². The Labute approximate surface area is 81.1 Å². The molecule has 0 saturated heterocycles. The summed E-state index contributed by atoms with van der Waals surface area (Å²) in [6, 6.07) is 0. The summed E-state index contributed by atoms with van der Waals surface area (Å²) in [7, 11) is 1.96. The van der Waals surface area contributed by atoms with E-state index in [2.05, 4.69) is 21.6 Å². The minimum absolute atomic E-state index is 0.934. The fourth-order valence-corrected chi connectivity index (χ4v) is 2.40. The largest absolute Gasteiger partial charge is 0.319 e. The van der Waals surface area contributed by atoms with Gasteiger partial charge in [-0.1, -0.05) is 18.7 Å². The molecule has 0 fully saturated rings. The van der Waals surface area contributed by atoms with Crippen molar-refractivity contribution in [3.8, 4) is 0 Å². The average molecular weight is 203 g/mol. The molecule has 1 N–H and O–H groups in total. The fraction of sp³-hybridized carbons (Fsp3) is 0.714. The van der Waals surface area contributed by atoms with Crippen LogP contribution in [0.3, 0.4) is 0 Å². The normalized spacial score (nSPS) is 10.5. The summed E-state index contributed by atoms with van der Waals surface area (Å²) in [5.74, 6) is 2.03. The lowest BCUT2D eigenvalue weighted by molar-refractivity contribution is 0.871. The van der Waals surface area contributed by atoms with Crippen LogP contribution in [0.25, 0.3) is 0 Å². The zero-order valence-corrected chi connectivity index (χ0v) is 8.97. The Kier molecular flexibility index (Phi) is 4.57. The van der Waals surface area contributed by atoms with Gasteiger partial charge in [-0.05, 0) is 18.6 Å². The summed E-state index contributed by atoms with van der Waals surface area (Å²) in [6.45, 7) is 3.09. The van der Waals surface area contributed by atoms with Crippen molar-refractivity contribution in [1.29, 1.82) is 0 Å². The highest BCUT2D eigenvalue weighted by atomic mass is 32.2. The predicted molar refractivity (Wildman–Crippen MR) is 53.9 cm³/mol. The molecule has 0 unspecified atom stereocenters. The van der Waals surface area contributed by atoms with Crippen LogP contribution in [0.1, 0.15) is 12.7 Å². The minimum atomic E-state index is 0.934. The van der Waals surface area contributed by atoms with Gasteiger partial charge in [-0.3, -0.25) is 0 Å². The van der Waals surface area contributed by atoms with Crippen molar-refractivity contribution in [1.82, 2.24) is 14.7 Å². The molecule has 0 aliphatic heterocycles. The van der Waals surface area contributed by atoms with E-state index in [0.717, 1.165) is 28.9 Å². The van der Waals surface area contributed by atoms with Crippen LogP contribution in [0.2, 0.25) is 0 Å². The van der Waals surface area contributed by atoms with Crippen molar-refractivity contribution < 1.29 is 0 Å². The van der Waals surface area contributed by atoms with Crippen LogP contribution in [0.15, 0.2) is 4.34 Å². The smallest absolute Gasteiger partial charge is 0.170 e. The average Bonchev–Trinajstić information content (AvgIpc) is 2.53. The second-order valence-corrected chi connectivity index (χ2v) is 4.38. The van der Waals surface area contributed by atoms with Crippen LogP contribution in [0.4, 0.5) is 0 Å². The maximum Gasteiger partial charge on any atom is 0.170 e. The molecule has 0 saturated carbocycles. The third-order valence-corrected chi connectivity index (χ3v) is 3.22. The molecule has 0 atom stereocenters. The molecule has 3 nitrogen and oxygen atoms in total. The van der Waals surface area contributed by atoms with Crippen LogP contribution >= 0.6 is 23.3 Å². The Morgan fingerprint density at radius 1 is 1.58 bits per heavy atom. The summed E-state index contributed by atoms with van der Waals surface area (Å²) < 4.78 is 5.29. The molecule has 68 valence electrons. The van der Waals surface area contributed by atoms with E-state index in [1.54, 1.807) is 11.8 Å². The summed E-state index contributed by atoms with van der Waals surface area (Å²) in [5.41, 5.74) is 0. The van der Waals surface area contributed by atoms with E-state index in [1.165, 1.54) is 11.5 Å². The molecule has 1 aromatic heterocycles. The molecule has 0 radical (unpaired) electrons. The van der Waals surface area contributed by atoms with E-state index < -0.39 is 0 Å². The second-order valence-electron chi connectivity index (χ2n) is 2.28. The van der Waals surface area contributed by atoms with Gasteiger partial charge in [-0.2, -0.15) is 4.37 Å². The van der Waals surface area contributed by atoms with E-state index in [1.807, 2.05) is 7.05 Å². The van der Waals surface area contributed by atoms with E-state index in [9.17, 15) is 0 Å². The first-order valence-electron chi connectivity index (χ1n) is 3.96. The zero-order chi connectivity index (χ0) is 8.81. The van der Waals surface area contributed by atoms with Gasteiger partial charge in [0.1, 0.15) is 5.82 Å². The van der Waals surface area contributed by atoms with Crippen molar-refractivity contribution >= 4 is 23.3 Å². The molecule has 0 aromatic carbocycles. The van der Waals surface area contributed by atoms with Crippen molar-refractivity contribution in [2.24, 2.45) is 0 Å². The molecule has 1 heterocycles. The molecular weight excluding hydrogens is 190 g/mol. The summed E-state index contributed by atoms with van der Waals surface area (Å²) in [6.07, 6.45) is 0.934. The number of hydrogen-bond donors (Lipinski definition) is 1. The SMILES string of the molecule is CCc1nsc(SCCNC)n1. The van der Waals surface area contributed by atoms with Gasteiger partial charge in [0.05, 0.1) is 0 Å². The number of nitrogens with zero attached hydrogens (tertiary/aromatic N) is 2. The van der Waals surface area contributed by atoms with Gasteiger partial charge < -0.3 is 5.32 Å². The third kappa shape index (κ3) is 3.08. The first kappa shape index (κ1) is 9.95. The van der Waals surface area contributed by atoms with Crippen LogP contribution < -0.4 is 5.32 Å². The molecule has 1 aromatic rings. The number of hydrogen-bond acceptors (Lipinski definition) is 5. The molecule has 1 rings (SSSR count). The van der Waals surface area contributed by atoms with Gasteiger partial charge >= 0.3 is 0 Å². The highest BCUT2D eigenvalue weighted by Crippen LogP contribution is 2.19. The molecule has 0 aliphatic carbocycles. The molecule has 5 heteroatoms. The van der Waals surface area contributed by atoms with Gasteiger partial charge in [0.15, 0.2) is 4.34 Å². The fourth-order valence-electron chi connectivity index (χ4n) is 0.681. The van der Waals surface area contributed by atoms with Gasteiger partial charge in [0.2, 0.25) is 0 Å². The topological polar surface area (TPSA) is 37.8 Å². The van der Waals surface area contributed by atoms with Gasteiger partial charge in [0, 0.05) is 18.7 Å². The van der Waals surface area contributed by atoms with E-state index in [-0.39, 0.29) is 0 Å². The highest BCUT2D eigenvalue weighted by Gasteiger charge is 2.01. The highest BCUT2D eigenvalue weighted by molar-refractivity contribution is 8.00. The minimum Gasteiger partial charge on any atom is -0.319 e. The maximum absolute atomic E-state index is 4.34. The van der Waals surface area contributed by atoms with E-state index in [4.69, 9.17) is 0 Å². The van der Waals surface area contributed by atoms with Crippen molar-refractivity contribution in [3.63, 3.8) is 0 Å². The summed E-state index contributed by atoms with van der Waals surface area (Å²) in [5, 5.41) is 3.09. The van der Waals surface area contributed by atoms with Crippen LogP contribution in [0.5, 0.6) is 0 Å². The lowest BCUT2D eigenvalue weighted by Gasteiger charge is -1.94. The van der Waals surface area contributed by atoms with Gasteiger partial charge in [-0.15, -0.1) is 0 Å². The molecule has 0 aliphatic rings. The Morgan fingerprint density at radius 3 is 3.00 bits per heavy atom. The van der Waals surface area contributed by atoms with E-state index in [0.29, 0.717) is 0 Å². The second kappa shape index (κ2) is 5.50. The Hall–Kier alpha value is -0.130. The molecule has 0 bridgehead atoms.